The number of carbonyl (C=O) groups excluding carboxylic acids is 1. The van der Waals surface area contributed by atoms with Crippen LogP contribution in [0.4, 0.5) is 14.6 Å². The molecule has 0 aliphatic carbocycles. The molecule has 13 nitrogen and oxygen atoms in total. The van der Waals surface area contributed by atoms with Gasteiger partial charge in [-0.2, -0.15) is 5.09 Å². The molecule has 0 amide bonds. The maximum atomic E-state index is 16.2. The van der Waals surface area contributed by atoms with Gasteiger partial charge in [0.25, 0.3) is 5.85 Å². The van der Waals surface area contributed by atoms with Crippen molar-refractivity contribution >= 4 is 30.7 Å². The summed E-state index contributed by atoms with van der Waals surface area (Å²) in [5.74, 6) is -3.18. The lowest BCUT2D eigenvalue weighted by Crippen LogP contribution is -2.47. The van der Waals surface area contributed by atoms with E-state index in [4.69, 9.17) is 18.5 Å². The zero-order valence-corrected chi connectivity index (χ0v) is 25.0. The van der Waals surface area contributed by atoms with Crippen LogP contribution in [0.15, 0.2) is 36.7 Å². The molecule has 3 heterocycles. The number of hydrogen-bond acceptors (Lipinski definition) is 11. The van der Waals surface area contributed by atoms with Crippen LogP contribution in [0.3, 0.4) is 0 Å². The molecule has 2 aromatic heterocycles. The molecule has 3 aromatic rings. The van der Waals surface area contributed by atoms with E-state index in [-0.39, 0.29) is 16.9 Å². The molecule has 1 saturated heterocycles. The van der Waals surface area contributed by atoms with E-state index in [2.05, 4.69) is 25.4 Å². The number of ether oxygens (including phenoxy) is 2. The number of esters is 1. The number of nitrogens with zero attached hydrogens (tertiary/aromatic N) is 4. The molecule has 1 aliphatic heterocycles. The van der Waals surface area contributed by atoms with E-state index in [1.54, 1.807) is 39.0 Å². The smallest absolute Gasteiger partial charge is 0.459 e. The fraction of sp³-hybridized carbons (Fsp3) is 0.538. The fourth-order valence-electron chi connectivity index (χ4n) is 4.36. The number of imidazole rings is 1. The van der Waals surface area contributed by atoms with E-state index in [9.17, 15) is 14.5 Å². The third-order valence-electron chi connectivity index (χ3n) is 6.32. The second-order valence-corrected chi connectivity index (χ2v) is 12.0. The summed E-state index contributed by atoms with van der Waals surface area (Å²) in [4.78, 5) is 25.2. The van der Waals surface area contributed by atoms with Gasteiger partial charge in [-0.1, -0.05) is 18.2 Å². The van der Waals surface area contributed by atoms with Gasteiger partial charge < -0.3 is 24.4 Å². The largest absolute Gasteiger partial charge is 0.462 e. The third-order valence-corrected chi connectivity index (χ3v) is 7.94. The summed E-state index contributed by atoms with van der Waals surface area (Å²) >= 11 is 0. The Morgan fingerprint density at radius 3 is 2.57 bits per heavy atom. The van der Waals surface area contributed by atoms with Crippen molar-refractivity contribution in [3.8, 4) is 5.75 Å². The molecule has 1 unspecified atom stereocenters. The highest BCUT2D eigenvalue weighted by molar-refractivity contribution is 7.52. The monoisotopic (exact) mass is 612 g/mol. The molecule has 1 aliphatic rings. The number of hydrogen-bond donors (Lipinski definition) is 3. The number of anilines is 1. The molecule has 1 fully saturated rings. The molecular formula is C26H35F2N6O7P. The van der Waals surface area contributed by atoms with Crippen LogP contribution < -0.4 is 14.9 Å². The number of aliphatic hydroxyl groups is 1. The van der Waals surface area contributed by atoms with Crippen molar-refractivity contribution in [2.75, 3.05) is 18.5 Å². The number of fused-ring (bicyclic) bond motifs is 1. The van der Waals surface area contributed by atoms with Gasteiger partial charge in [-0.3, -0.25) is 13.9 Å². The summed E-state index contributed by atoms with van der Waals surface area (Å²) in [5.41, 5.74) is -2.30. The van der Waals surface area contributed by atoms with Crippen LogP contribution in [0.25, 0.3) is 11.2 Å². The summed E-state index contributed by atoms with van der Waals surface area (Å²) in [7, 11) is -4.55. The Balaban J connectivity index is 1.61. The summed E-state index contributed by atoms with van der Waals surface area (Å²) in [6.07, 6.45) is -3.42. The number of carbonyl (C=O) groups is 1. The van der Waals surface area contributed by atoms with E-state index in [0.29, 0.717) is 18.2 Å². The number of alkyl halides is 2. The maximum absolute atomic E-state index is 16.2. The number of nitrogens with one attached hydrogen (secondary N) is 2. The van der Waals surface area contributed by atoms with E-state index in [1.807, 2.05) is 6.92 Å². The highest BCUT2D eigenvalue weighted by atomic mass is 31.2. The van der Waals surface area contributed by atoms with Crippen molar-refractivity contribution in [1.29, 1.82) is 0 Å². The molecule has 16 heteroatoms. The zero-order chi connectivity index (χ0) is 30.9. The number of benzene rings is 1. The Hall–Kier alpha value is -3.23. The van der Waals surface area contributed by atoms with E-state index < -0.39 is 56.3 Å². The summed E-state index contributed by atoms with van der Waals surface area (Å²) in [6, 6.07) is 6.59. The molecule has 1 aromatic carbocycles. The first-order chi connectivity index (χ1) is 19.7. The van der Waals surface area contributed by atoms with Crippen molar-refractivity contribution in [3.05, 3.63) is 42.5 Å². The minimum atomic E-state index is -4.55. The lowest BCUT2D eigenvalue weighted by Gasteiger charge is -2.28. The molecule has 230 valence electrons. The number of aromatic nitrogens is 4. The second kappa shape index (κ2) is 12.2. The number of rotatable bonds is 12. The molecule has 4 rings (SSSR count). The molecule has 3 N–H and O–H groups in total. The molecular weight excluding hydrogens is 577 g/mol. The Morgan fingerprint density at radius 1 is 1.24 bits per heavy atom. The standard InChI is InChI=1S/C26H35F2N6O7P/c1-7-29-20-19-21(32-17(5)31-20)34(14-30-19)24-25(6,27)23(36)26(28,40-24)13-38-42(37,41-18-11-9-8-10-12-18)33-16(4)22(35)39-15(2)3/h8-12,14-16,23-24,36H,7,13H2,1-6H3,(H,33,37)(H,29,31,32)/t16-,23-,24+,25+,26+,42?/m0/s1. The van der Waals surface area contributed by atoms with Crippen molar-refractivity contribution < 1.29 is 41.8 Å². The number of aliphatic hydroxyl groups excluding tert-OH is 1. The number of para-hydroxylation sites is 1. The van der Waals surface area contributed by atoms with Gasteiger partial charge in [-0.25, -0.2) is 28.3 Å². The Kier molecular flexibility index (Phi) is 9.19. The van der Waals surface area contributed by atoms with Crippen LogP contribution >= 0.6 is 7.75 Å². The van der Waals surface area contributed by atoms with Crippen LogP contribution in [0, 0.1) is 6.92 Å². The first-order valence-corrected chi connectivity index (χ1v) is 14.9. The first kappa shape index (κ1) is 31.7. The molecule has 6 atom stereocenters. The van der Waals surface area contributed by atoms with Crippen LogP contribution in [0.2, 0.25) is 0 Å². The fourth-order valence-corrected chi connectivity index (χ4v) is 5.86. The summed E-state index contributed by atoms with van der Waals surface area (Å²) in [5, 5.41) is 16.3. The SMILES string of the molecule is CCNc1nc(C)nc2c1ncn2[C@@H]1O[C@](F)(COP(=O)(N[C@@H](C)C(=O)OC(C)C)Oc2ccccc2)[C@@H](O)[C@@]1(C)F. The molecule has 0 saturated carbocycles. The lowest BCUT2D eigenvalue weighted by molar-refractivity contribution is -0.202. The van der Waals surface area contributed by atoms with Crippen molar-refractivity contribution in [2.45, 2.75) is 77.5 Å². The van der Waals surface area contributed by atoms with Gasteiger partial charge in [0.15, 0.2) is 35.0 Å². The highest BCUT2D eigenvalue weighted by Crippen LogP contribution is 2.52. The minimum Gasteiger partial charge on any atom is -0.462 e. The van der Waals surface area contributed by atoms with Crippen LogP contribution in [0.5, 0.6) is 5.75 Å². The molecule has 0 bridgehead atoms. The highest BCUT2D eigenvalue weighted by Gasteiger charge is 2.65. The minimum absolute atomic E-state index is 0.0724. The maximum Gasteiger partial charge on any atom is 0.459 e. The van der Waals surface area contributed by atoms with Crippen LogP contribution in [0.1, 0.15) is 46.7 Å². The predicted molar refractivity (Wildman–Crippen MR) is 148 cm³/mol. The Morgan fingerprint density at radius 2 is 1.93 bits per heavy atom. The van der Waals surface area contributed by atoms with Crippen LogP contribution in [-0.4, -0.2) is 73.5 Å². The van der Waals surface area contributed by atoms with Gasteiger partial charge in [-0.15, -0.1) is 0 Å². The topological polar surface area (TPSA) is 159 Å². The summed E-state index contributed by atoms with van der Waals surface area (Å²) in [6.45, 7) is 8.34. The number of aryl methyl sites for hydroxylation is 1. The average Bonchev–Trinajstić information content (AvgIpc) is 3.40. The van der Waals surface area contributed by atoms with E-state index in [0.717, 1.165) is 11.5 Å². The quantitative estimate of drug-likeness (QED) is 0.200. The Bertz CT molecular complexity index is 1460. The zero-order valence-electron chi connectivity index (χ0n) is 24.1. The lowest BCUT2D eigenvalue weighted by atomic mass is 9.97. The van der Waals surface area contributed by atoms with Gasteiger partial charge in [0.1, 0.15) is 24.2 Å². The van der Waals surface area contributed by atoms with Gasteiger partial charge >= 0.3 is 13.7 Å². The predicted octanol–water partition coefficient (Wildman–Crippen LogP) is 3.98. The van der Waals surface area contributed by atoms with Gasteiger partial charge in [-0.05, 0) is 53.7 Å². The second-order valence-electron chi connectivity index (χ2n) is 10.3. The number of halogens is 2. The summed E-state index contributed by atoms with van der Waals surface area (Å²) < 4.78 is 68.7. The van der Waals surface area contributed by atoms with Crippen molar-refractivity contribution in [2.24, 2.45) is 0 Å². The normalized spacial score (nSPS) is 26.2. The molecule has 42 heavy (non-hydrogen) atoms. The van der Waals surface area contributed by atoms with Crippen LogP contribution in [-0.2, 0) is 23.4 Å². The van der Waals surface area contributed by atoms with Gasteiger partial charge in [0.05, 0.1) is 12.4 Å². The van der Waals surface area contributed by atoms with E-state index >= 15 is 8.78 Å². The van der Waals surface area contributed by atoms with Crippen molar-refractivity contribution in [3.63, 3.8) is 0 Å². The van der Waals surface area contributed by atoms with Gasteiger partial charge in [0, 0.05) is 6.54 Å². The first-order valence-electron chi connectivity index (χ1n) is 13.4. The van der Waals surface area contributed by atoms with E-state index in [1.165, 1.54) is 25.4 Å². The Labute approximate surface area is 241 Å². The molecule has 0 radical (unpaired) electrons. The molecule has 0 spiro atoms. The third kappa shape index (κ3) is 6.55. The average molecular weight is 613 g/mol. The van der Waals surface area contributed by atoms with Gasteiger partial charge in [0.2, 0.25) is 0 Å². The van der Waals surface area contributed by atoms with Crippen molar-refractivity contribution in [1.82, 2.24) is 24.6 Å².